The monoisotopic (exact) mass is 340 g/mol. The molecule has 4 nitrogen and oxygen atoms in total. The molecule has 1 saturated carbocycles. The van der Waals surface area contributed by atoms with E-state index in [9.17, 15) is 4.39 Å². The van der Waals surface area contributed by atoms with Crippen LogP contribution in [-0.4, -0.2) is 43.0 Å². The summed E-state index contributed by atoms with van der Waals surface area (Å²) < 4.78 is 14.7. The summed E-state index contributed by atoms with van der Waals surface area (Å²) in [6.45, 7) is 3.69. The lowest BCUT2D eigenvalue weighted by Gasteiger charge is -2.36. The highest BCUT2D eigenvalue weighted by Gasteiger charge is 2.31. The van der Waals surface area contributed by atoms with E-state index in [2.05, 4.69) is 25.7 Å². The van der Waals surface area contributed by atoms with Gasteiger partial charge >= 0.3 is 0 Å². The van der Waals surface area contributed by atoms with Crippen molar-refractivity contribution in [1.29, 1.82) is 5.41 Å². The summed E-state index contributed by atoms with van der Waals surface area (Å²) in [5, 5.41) is 7.43. The van der Waals surface area contributed by atoms with E-state index in [0.29, 0.717) is 11.3 Å². The second kappa shape index (κ2) is 5.33. The smallest absolute Gasteiger partial charge is 0.161 e. The van der Waals surface area contributed by atoms with Crippen molar-refractivity contribution in [2.24, 2.45) is 5.73 Å². The molecule has 2 aliphatic rings. The molecule has 1 aliphatic heterocycles. The molecule has 0 amide bonds. The van der Waals surface area contributed by atoms with Gasteiger partial charge in [0.15, 0.2) is 5.82 Å². The Labute approximate surface area is 126 Å². The van der Waals surface area contributed by atoms with Crippen molar-refractivity contribution in [3.8, 4) is 0 Å². The Kier molecular flexibility index (Phi) is 3.69. The van der Waals surface area contributed by atoms with E-state index < -0.39 is 0 Å². The Morgan fingerprint density at radius 1 is 1.25 bits per heavy atom. The first-order valence-corrected chi connectivity index (χ1v) is 7.68. The third-order valence-corrected chi connectivity index (χ3v) is 4.85. The third-order valence-electron chi connectivity index (χ3n) is 4.07. The molecule has 1 aromatic rings. The summed E-state index contributed by atoms with van der Waals surface area (Å²) in [6, 6.07) is 4.20. The lowest BCUT2D eigenvalue weighted by atomic mass is 10.1. The number of nitrogens with zero attached hydrogens (tertiary/aromatic N) is 2. The van der Waals surface area contributed by atoms with Gasteiger partial charge in [0.1, 0.15) is 5.84 Å². The minimum Gasteiger partial charge on any atom is -0.384 e. The molecule has 1 saturated heterocycles. The maximum atomic E-state index is 14.4. The molecular formula is C14H18BrFN4. The SMILES string of the molecule is N=C(N)c1ccc(N2CCN(C3CC3)CC2)c(F)c1Br. The Morgan fingerprint density at radius 3 is 2.45 bits per heavy atom. The van der Waals surface area contributed by atoms with Gasteiger partial charge in [0.25, 0.3) is 0 Å². The lowest BCUT2D eigenvalue weighted by Crippen LogP contribution is -2.47. The molecule has 20 heavy (non-hydrogen) atoms. The van der Waals surface area contributed by atoms with E-state index in [0.717, 1.165) is 32.2 Å². The van der Waals surface area contributed by atoms with Crippen LogP contribution in [0.2, 0.25) is 0 Å². The Bertz CT molecular complexity index is 536. The van der Waals surface area contributed by atoms with Crippen molar-refractivity contribution in [2.75, 3.05) is 31.1 Å². The van der Waals surface area contributed by atoms with Crippen molar-refractivity contribution in [1.82, 2.24) is 4.90 Å². The molecule has 0 spiro atoms. The maximum Gasteiger partial charge on any atom is 0.161 e. The first-order valence-electron chi connectivity index (χ1n) is 6.89. The number of nitrogens with one attached hydrogen (secondary N) is 1. The van der Waals surface area contributed by atoms with Gasteiger partial charge < -0.3 is 10.6 Å². The normalized spacial score (nSPS) is 20.2. The van der Waals surface area contributed by atoms with Gasteiger partial charge in [-0.1, -0.05) is 0 Å². The Balaban J connectivity index is 1.77. The van der Waals surface area contributed by atoms with E-state index in [1.165, 1.54) is 12.8 Å². The molecule has 1 heterocycles. The van der Waals surface area contributed by atoms with Gasteiger partial charge in [-0.25, -0.2) is 4.39 Å². The number of piperazine rings is 1. The van der Waals surface area contributed by atoms with Crippen LogP contribution in [0.3, 0.4) is 0 Å². The number of rotatable bonds is 3. The zero-order chi connectivity index (χ0) is 14.3. The zero-order valence-corrected chi connectivity index (χ0v) is 12.8. The summed E-state index contributed by atoms with van der Waals surface area (Å²) in [5.41, 5.74) is 6.44. The second-order valence-electron chi connectivity index (χ2n) is 5.43. The topological polar surface area (TPSA) is 56.4 Å². The summed E-state index contributed by atoms with van der Waals surface area (Å²) in [6.07, 6.45) is 2.63. The fourth-order valence-electron chi connectivity index (χ4n) is 2.76. The lowest BCUT2D eigenvalue weighted by molar-refractivity contribution is 0.247. The highest BCUT2D eigenvalue weighted by atomic mass is 79.9. The molecule has 0 bridgehead atoms. The number of benzene rings is 1. The van der Waals surface area contributed by atoms with Crippen LogP contribution in [0.25, 0.3) is 0 Å². The van der Waals surface area contributed by atoms with Gasteiger partial charge in [0, 0.05) is 37.8 Å². The Hall–Kier alpha value is -1.14. The Morgan fingerprint density at radius 2 is 1.90 bits per heavy atom. The van der Waals surface area contributed by atoms with Crippen molar-refractivity contribution in [3.05, 3.63) is 28.0 Å². The van der Waals surface area contributed by atoms with E-state index in [4.69, 9.17) is 11.1 Å². The summed E-state index contributed by atoms with van der Waals surface area (Å²) >= 11 is 3.21. The van der Waals surface area contributed by atoms with Crippen LogP contribution >= 0.6 is 15.9 Å². The van der Waals surface area contributed by atoms with Gasteiger partial charge in [0.2, 0.25) is 0 Å². The molecule has 0 radical (unpaired) electrons. The molecule has 0 unspecified atom stereocenters. The van der Waals surface area contributed by atoms with Crippen LogP contribution < -0.4 is 10.6 Å². The fourth-order valence-corrected chi connectivity index (χ4v) is 3.31. The van der Waals surface area contributed by atoms with Crippen LogP contribution in [0.15, 0.2) is 16.6 Å². The molecule has 108 valence electrons. The van der Waals surface area contributed by atoms with Crippen LogP contribution in [0.5, 0.6) is 0 Å². The largest absolute Gasteiger partial charge is 0.384 e. The van der Waals surface area contributed by atoms with Crippen molar-refractivity contribution in [3.63, 3.8) is 0 Å². The van der Waals surface area contributed by atoms with Gasteiger partial charge in [-0.3, -0.25) is 10.3 Å². The number of hydrogen-bond acceptors (Lipinski definition) is 3. The second-order valence-corrected chi connectivity index (χ2v) is 6.22. The molecule has 3 N–H and O–H groups in total. The fraction of sp³-hybridized carbons (Fsp3) is 0.500. The maximum absolute atomic E-state index is 14.4. The highest BCUT2D eigenvalue weighted by Crippen LogP contribution is 2.32. The van der Waals surface area contributed by atoms with E-state index in [-0.39, 0.29) is 16.1 Å². The molecule has 1 aromatic carbocycles. The van der Waals surface area contributed by atoms with Gasteiger partial charge in [-0.2, -0.15) is 0 Å². The van der Waals surface area contributed by atoms with Crippen LogP contribution in [-0.2, 0) is 0 Å². The van der Waals surface area contributed by atoms with Crippen molar-refractivity contribution >= 4 is 27.5 Å². The first-order chi connectivity index (χ1) is 9.58. The van der Waals surface area contributed by atoms with Crippen LogP contribution in [0, 0.1) is 11.2 Å². The number of nitrogen functional groups attached to an aromatic ring is 1. The summed E-state index contributed by atoms with van der Waals surface area (Å²) in [5.74, 6) is -0.446. The quantitative estimate of drug-likeness (QED) is 0.654. The predicted molar refractivity (Wildman–Crippen MR) is 81.9 cm³/mol. The van der Waals surface area contributed by atoms with Crippen molar-refractivity contribution in [2.45, 2.75) is 18.9 Å². The van der Waals surface area contributed by atoms with Crippen molar-refractivity contribution < 1.29 is 4.39 Å². The third kappa shape index (κ3) is 2.54. The number of amidine groups is 1. The number of anilines is 1. The highest BCUT2D eigenvalue weighted by molar-refractivity contribution is 9.10. The molecule has 0 aromatic heterocycles. The predicted octanol–water partition coefficient (Wildman–Crippen LogP) is 2.16. The van der Waals surface area contributed by atoms with Gasteiger partial charge in [-0.05, 0) is 40.9 Å². The van der Waals surface area contributed by atoms with E-state index in [1.54, 1.807) is 12.1 Å². The van der Waals surface area contributed by atoms with Gasteiger partial charge in [0.05, 0.1) is 10.2 Å². The molecule has 6 heteroatoms. The first kappa shape index (κ1) is 13.8. The molecule has 1 aliphatic carbocycles. The summed E-state index contributed by atoms with van der Waals surface area (Å²) in [4.78, 5) is 4.57. The minimum absolute atomic E-state index is 0.124. The number of hydrogen-bond donors (Lipinski definition) is 2. The number of nitrogens with two attached hydrogens (primary N) is 1. The molecule has 0 atom stereocenters. The van der Waals surface area contributed by atoms with Crippen LogP contribution in [0.4, 0.5) is 10.1 Å². The minimum atomic E-state index is -0.322. The average Bonchev–Trinajstić information content (AvgIpc) is 3.26. The number of halogens is 2. The summed E-state index contributed by atoms with van der Waals surface area (Å²) in [7, 11) is 0. The van der Waals surface area contributed by atoms with Crippen LogP contribution in [0.1, 0.15) is 18.4 Å². The molecular weight excluding hydrogens is 323 g/mol. The average molecular weight is 341 g/mol. The molecule has 2 fully saturated rings. The standard InChI is InChI=1S/C14H18BrFN4/c15-12-10(14(17)18)3-4-11(13(12)16)20-7-5-19(6-8-20)9-1-2-9/h3-4,9H,1-2,5-8H2,(H3,17,18). The zero-order valence-electron chi connectivity index (χ0n) is 11.2. The van der Waals surface area contributed by atoms with E-state index in [1.807, 2.05) is 0 Å². The van der Waals surface area contributed by atoms with Gasteiger partial charge in [-0.15, -0.1) is 0 Å². The molecule has 3 rings (SSSR count). The van der Waals surface area contributed by atoms with E-state index >= 15 is 0 Å².